The van der Waals surface area contributed by atoms with Gasteiger partial charge in [-0.2, -0.15) is 0 Å². The molecule has 4 aromatic rings. The van der Waals surface area contributed by atoms with Crippen LogP contribution in [0.5, 0.6) is 5.75 Å². The van der Waals surface area contributed by atoms with E-state index in [0.29, 0.717) is 38.7 Å². The Balaban J connectivity index is 1.53. The Morgan fingerprint density at radius 1 is 1.03 bits per heavy atom. The number of nitrogens with one attached hydrogen (secondary N) is 2. The molecule has 33 heavy (non-hydrogen) atoms. The quantitative estimate of drug-likeness (QED) is 0.295. The van der Waals surface area contributed by atoms with Crippen molar-refractivity contribution < 1.29 is 13.9 Å². The van der Waals surface area contributed by atoms with Crippen LogP contribution in [0.4, 0.5) is 5.69 Å². The van der Waals surface area contributed by atoms with Crippen molar-refractivity contribution in [3.05, 3.63) is 93.3 Å². The number of amides is 1. The molecule has 2 N–H and O–H groups in total. The summed E-state index contributed by atoms with van der Waals surface area (Å²) in [5.41, 5.74) is 2.67. The van der Waals surface area contributed by atoms with E-state index in [1.165, 1.54) is 7.11 Å². The second kappa shape index (κ2) is 9.44. The monoisotopic (exact) mass is 478 g/mol. The summed E-state index contributed by atoms with van der Waals surface area (Å²) in [4.78, 5) is 25.1. The van der Waals surface area contributed by atoms with E-state index < -0.39 is 11.5 Å². The molecule has 0 aliphatic heterocycles. The lowest BCUT2D eigenvalue weighted by atomic mass is 10.1. The zero-order valence-electron chi connectivity index (χ0n) is 17.8. The van der Waals surface area contributed by atoms with Gasteiger partial charge in [0.1, 0.15) is 11.3 Å². The summed E-state index contributed by atoms with van der Waals surface area (Å²) in [6.45, 7) is 1.85. The number of aryl methyl sites for hydroxylation is 1. The third-order valence-electron chi connectivity index (χ3n) is 5.05. The molecule has 0 spiro atoms. The van der Waals surface area contributed by atoms with E-state index in [1.54, 1.807) is 48.5 Å². The molecule has 6 nitrogen and oxygen atoms in total. The summed E-state index contributed by atoms with van der Waals surface area (Å²) >= 11 is 11.7. The number of hydrogen-bond acceptors (Lipinski definition) is 5. The first-order chi connectivity index (χ1) is 15.9. The van der Waals surface area contributed by atoms with E-state index in [9.17, 15) is 9.59 Å². The molecule has 0 unspecified atom stereocenters. The van der Waals surface area contributed by atoms with Gasteiger partial charge in [-0.3, -0.25) is 10.1 Å². The van der Waals surface area contributed by atoms with Crippen LogP contribution >= 0.6 is 23.8 Å². The van der Waals surface area contributed by atoms with Gasteiger partial charge in [-0.1, -0.05) is 48.0 Å². The molecule has 0 fully saturated rings. The Morgan fingerprint density at radius 2 is 1.82 bits per heavy atom. The van der Waals surface area contributed by atoms with Gasteiger partial charge in [0.25, 0.3) is 5.91 Å². The number of ether oxygens (including phenoxy) is 1. The van der Waals surface area contributed by atoms with Gasteiger partial charge >= 0.3 is 5.63 Å². The standard InChI is InChI=1S/C25H19ClN2O4S/c1-14-6-5-8-18(22(14)31-2)23(29)28-25(33)27-16-10-11-17(20(26)13-16)19-12-15-7-3-4-9-21(15)32-24(19)30/h3-13H,1-2H3,(H2,27,28,29,33). The summed E-state index contributed by atoms with van der Waals surface area (Å²) in [7, 11) is 1.51. The van der Waals surface area contributed by atoms with Crippen molar-refractivity contribution >= 4 is 51.5 Å². The first kappa shape index (κ1) is 22.5. The number of fused-ring (bicyclic) bond motifs is 1. The van der Waals surface area contributed by atoms with Crippen LogP contribution in [0.3, 0.4) is 0 Å². The topological polar surface area (TPSA) is 80.6 Å². The van der Waals surface area contributed by atoms with Crippen molar-refractivity contribution in [1.82, 2.24) is 5.32 Å². The van der Waals surface area contributed by atoms with Crippen LogP contribution in [0.2, 0.25) is 5.02 Å². The average Bonchev–Trinajstić information content (AvgIpc) is 2.78. The minimum Gasteiger partial charge on any atom is -0.496 e. The molecule has 0 saturated carbocycles. The normalized spacial score (nSPS) is 10.6. The molecule has 0 saturated heterocycles. The first-order valence-electron chi connectivity index (χ1n) is 9.96. The van der Waals surface area contributed by atoms with Crippen LogP contribution in [0.25, 0.3) is 22.1 Å². The number of carbonyl (C=O) groups excluding carboxylic acids is 1. The fraction of sp³-hybridized carbons (Fsp3) is 0.0800. The van der Waals surface area contributed by atoms with E-state index in [-0.39, 0.29) is 5.11 Å². The Bertz CT molecular complexity index is 1450. The highest BCUT2D eigenvalue weighted by Gasteiger charge is 2.16. The summed E-state index contributed by atoms with van der Waals surface area (Å²) in [6, 6.07) is 19.3. The summed E-state index contributed by atoms with van der Waals surface area (Å²) in [5, 5.41) is 6.78. The lowest BCUT2D eigenvalue weighted by Crippen LogP contribution is -2.34. The summed E-state index contributed by atoms with van der Waals surface area (Å²) < 4.78 is 10.7. The molecule has 166 valence electrons. The third-order valence-corrected chi connectivity index (χ3v) is 5.56. The minimum atomic E-state index is -0.480. The number of anilines is 1. The molecule has 8 heteroatoms. The van der Waals surface area contributed by atoms with Crippen LogP contribution in [0.1, 0.15) is 15.9 Å². The number of carbonyl (C=O) groups is 1. The fourth-order valence-electron chi connectivity index (χ4n) is 3.50. The average molecular weight is 479 g/mol. The van der Waals surface area contributed by atoms with Crippen LogP contribution in [-0.4, -0.2) is 18.1 Å². The van der Waals surface area contributed by atoms with Crippen molar-refractivity contribution in [2.24, 2.45) is 0 Å². The maximum absolute atomic E-state index is 12.6. The number of halogens is 1. The zero-order valence-corrected chi connectivity index (χ0v) is 19.3. The predicted octanol–water partition coefficient (Wildman–Crippen LogP) is 5.56. The molecule has 0 atom stereocenters. The van der Waals surface area contributed by atoms with Gasteiger partial charge in [0.05, 0.1) is 23.3 Å². The molecular formula is C25H19ClN2O4S. The largest absolute Gasteiger partial charge is 0.496 e. The Morgan fingerprint density at radius 3 is 2.58 bits per heavy atom. The van der Waals surface area contributed by atoms with Crippen molar-refractivity contribution in [2.45, 2.75) is 6.92 Å². The van der Waals surface area contributed by atoms with Gasteiger partial charge in [-0.15, -0.1) is 0 Å². The lowest BCUT2D eigenvalue weighted by Gasteiger charge is -2.14. The number of para-hydroxylation sites is 2. The van der Waals surface area contributed by atoms with Gasteiger partial charge in [-0.05, 0) is 55.0 Å². The molecule has 1 heterocycles. The lowest BCUT2D eigenvalue weighted by molar-refractivity contribution is 0.0974. The van der Waals surface area contributed by atoms with E-state index in [2.05, 4.69) is 10.6 Å². The van der Waals surface area contributed by atoms with Crippen molar-refractivity contribution in [1.29, 1.82) is 0 Å². The highest BCUT2D eigenvalue weighted by molar-refractivity contribution is 7.80. The van der Waals surface area contributed by atoms with Crippen molar-refractivity contribution in [3.63, 3.8) is 0 Å². The Labute approximate surface area is 200 Å². The highest BCUT2D eigenvalue weighted by atomic mass is 35.5. The molecule has 1 amide bonds. The predicted molar refractivity (Wildman–Crippen MR) is 134 cm³/mol. The first-order valence-corrected chi connectivity index (χ1v) is 10.7. The Hall–Kier alpha value is -3.68. The van der Waals surface area contributed by atoms with E-state index >= 15 is 0 Å². The molecule has 0 bridgehead atoms. The molecule has 4 rings (SSSR count). The van der Waals surface area contributed by atoms with Crippen molar-refractivity contribution in [2.75, 3.05) is 12.4 Å². The molecule has 0 radical (unpaired) electrons. The second-order valence-corrected chi connectivity index (χ2v) is 8.06. The van der Waals surface area contributed by atoms with E-state index in [4.69, 9.17) is 33.0 Å². The third kappa shape index (κ3) is 4.74. The van der Waals surface area contributed by atoms with Crippen LogP contribution < -0.4 is 21.0 Å². The fourth-order valence-corrected chi connectivity index (χ4v) is 3.99. The zero-order chi connectivity index (χ0) is 23.5. The minimum absolute atomic E-state index is 0.0950. The maximum atomic E-state index is 12.6. The van der Waals surface area contributed by atoms with E-state index in [1.807, 2.05) is 25.1 Å². The number of hydrogen-bond donors (Lipinski definition) is 2. The van der Waals surface area contributed by atoms with Gasteiger partial charge in [0.15, 0.2) is 5.11 Å². The molecular weight excluding hydrogens is 460 g/mol. The van der Waals surface area contributed by atoms with Crippen molar-refractivity contribution in [3.8, 4) is 16.9 Å². The van der Waals surface area contributed by atoms with Crippen LogP contribution in [0.15, 0.2) is 75.9 Å². The SMILES string of the molecule is COc1c(C)cccc1C(=O)NC(=S)Nc1ccc(-c2cc3ccccc3oc2=O)c(Cl)c1. The molecule has 1 aromatic heterocycles. The summed E-state index contributed by atoms with van der Waals surface area (Å²) in [6.07, 6.45) is 0. The van der Waals surface area contributed by atoms with Crippen LogP contribution in [0, 0.1) is 6.92 Å². The van der Waals surface area contributed by atoms with Gasteiger partial charge in [0, 0.05) is 16.6 Å². The molecule has 0 aliphatic carbocycles. The smallest absolute Gasteiger partial charge is 0.344 e. The van der Waals surface area contributed by atoms with Crippen LogP contribution in [-0.2, 0) is 0 Å². The molecule has 0 aliphatic rings. The summed E-state index contributed by atoms with van der Waals surface area (Å²) in [5.74, 6) is 0.0870. The van der Waals surface area contributed by atoms with Gasteiger partial charge < -0.3 is 14.5 Å². The number of thiocarbonyl (C=S) groups is 1. The number of methoxy groups -OCH3 is 1. The second-order valence-electron chi connectivity index (χ2n) is 7.24. The van der Waals surface area contributed by atoms with Gasteiger partial charge in [0.2, 0.25) is 0 Å². The number of rotatable bonds is 4. The Kier molecular flexibility index (Phi) is 6.44. The highest BCUT2D eigenvalue weighted by Crippen LogP contribution is 2.30. The molecule has 3 aromatic carbocycles. The maximum Gasteiger partial charge on any atom is 0.344 e. The van der Waals surface area contributed by atoms with E-state index in [0.717, 1.165) is 10.9 Å². The van der Waals surface area contributed by atoms with Gasteiger partial charge in [-0.25, -0.2) is 4.79 Å². The number of benzene rings is 3.